The molecule has 0 fully saturated rings. The SMILES string of the molecule is CCOc1ccc(NCc2cc(C(F)(F)F)nn2C)cc1. The maximum Gasteiger partial charge on any atom is 0.435 e. The Balaban J connectivity index is 2.01. The van der Waals surface area contributed by atoms with Crippen LogP contribution in [0, 0.1) is 0 Å². The van der Waals surface area contributed by atoms with Gasteiger partial charge in [0.1, 0.15) is 5.75 Å². The standard InChI is InChI=1S/C14H16F3N3O/c1-3-21-12-6-4-10(5-7-12)18-9-11-8-13(14(15,16)17)19-20(11)2/h4-8,18H,3,9H2,1-2H3. The highest BCUT2D eigenvalue weighted by Gasteiger charge is 2.34. The number of nitrogens with one attached hydrogen (secondary N) is 1. The van der Waals surface area contributed by atoms with Crippen molar-refractivity contribution in [3.05, 3.63) is 41.7 Å². The van der Waals surface area contributed by atoms with Crippen molar-refractivity contribution >= 4 is 5.69 Å². The van der Waals surface area contributed by atoms with E-state index in [-0.39, 0.29) is 6.54 Å². The minimum Gasteiger partial charge on any atom is -0.494 e. The highest BCUT2D eigenvalue weighted by Crippen LogP contribution is 2.28. The van der Waals surface area contributed by atoms with Crippen LogP contribution in [0.3, 0.4) is 0 Å². The van der Waals surface area contributed by atoms with Gasteiger partial charge in [-0.05, 0) is 37.3 Å². The van der Waals surface area contributed by atoms with Gasteiger partial charge < -0.3 is 10.1 Å². The first-order valence-electron chi connectivity index (χ1n) is 6.47. The minimum atomic E-state index is -4.42. The monoisotopic (exact) mass is 299 g/mol. The first-order valence-corrected chi connectivity index (χ1v) is 6.47. The molecule has 0 radical (unpaired) electrons. The van der Waals surface area contributed by atoms with Gasteiger partial charge in [-0.25, -0.2) is 0 Å². The first kappa shape index (κ1) is 15.2. The van der Waals surface area contributed by atoms with Crippen molar-refractivity contribution < 1.29 is 17.9 Å². The maximum absolute atomic E-state index is 12.6. The number of alkyl halides is 3. The molecule has 2 rings (SSSR count). The molecule has 0 aliphatic carbocycles. The number of hydrogen-bond donors (Lipinski definition) is 1. The summed E-state index contributed by atoms with van der Waals surface area (Å²) in [6.07, 6.45) is -4.42. The molecule has 1 N–H and O–H groups in total. The molecule has 4 nitrogen and oxygen atoms in total. The Bertz CT molecular complexity index is 591. The lowest BCUT2D eigenvalue weighted by Crippen LogP contribution is -2.07. The van der Waals surface area contributed by atoms with Crippen molar-refractivity contribution in [1.29, 1.82) is 0 Å². The molecule has 0 amide bonds. The fourth-order valence-electron chi connectivity index (χ4n) is 1.84. The highest BCUT2D eigenvalue weighted by molar-refractivity contribution is 5.46. The molecule has 21 heavy (non-hydrogen) atoms. The third-order valence-electron chi connectivity index (χ3n) is 2.91. The van der Waals surface area contributed by atoms with Crippen LogP contribution in [0.2, 0.25) is 0 Å². The lowest BCUT2D eigenvalue weighted by molar-refractivity contribution is -0.141. The van der Waals surface area contributed by atoms with Crippen molar-refractivity contribution in [2.75, 3.05) is 11.9 Å². The summed E-state index contributed by atoms with van der Waals surface area (Å²) in [6, 6.07) is 8.27. The first-order chi connectivity index (χ1) is 9.90. The summed E-state index contributed by atoms with van der Waals surface area (Å²) in [5.74, 6) is 0.753. The molecule has 0 bridgehead atoms. The highest BCUT2D eigenvalue weighted by atomic mass is 19.4. The summed E-state index contributed by atoms with van der Waals surface area (Å²) < 4.78 is 44.2. The van der Waals surface area contributed by atoms with Gasteiger partial charge in [0.25, 0.3) is 0 Å². The topological polar surface area (TPSA) is 39.1 Å². The van der Waals surface area contributed by atoms with Crippen LogP contribution in [-0.4, -0.2) is 16.4 Å². The van der Waals surface area contributed by atoms with E-state index in [0.717, 1.165) is 17.5 Å². The van der Waals surface area contributed by atoms with Crippen LogP contribution in [-0.2, 0) is 19.8 Å². The van der Waals surface area contributed by atoms with Gasteiger partial charge in [0.15, 0.2) is 5.69 Å². The third kappa shape index (κ3) is 3.90. The fraction of sp³-hybridized carbons (Fsp3) is 0.357. The quantitative estimate of drug-likeness (QED) is 0.919. The molecule has 1 heterocycles. The zero-order chi connectivity index (χ0) is 15.5. The molecule has 0 atom stereocenters. The van der Waals surface area contributed by atoms with E-state index >= 15 is 0 Å². The van der Waals surface area contributed by atoms with Crippen LogP contribution in [0.4, 0.5) is 18.9 Å². The normalized spacial score (nSPS) is 11.5. The number of anilines is 1. The van der Waals surface area contributed by atoms with Crippen molar-refractivity contribution in [3.63, 3.8) is 0 Å². The summed E-state index contributed by atoms with van der Waals surface area (Å²) in [5, 5.41) is 6.52. The number of rotatable bonds is 5. The van der Waals surface area contributed by atoms with Gasteiger partial charge in [-0.2, -0.15) is 18.3 Å². The molecule has 1 aromatic carbocycles. The molecule has 0 saturated heterocycles. The van der Waals surface area contributed by atoms with Gasteiger partial charge in [-0.3, -0.25) is 4.68 Å². The predicted molar refractivity (Wildman–Crippen MR) is 73.1 cm³/mol. The molecule has 0 unspecified atom stereocenters. The van der Waals surface area contributed by atoms with E-state index in [4.69, 9.17) is 4.74 Å². The van der Waals surface area contributed by atoms with E-state index < -0.39 is 11.9 Å². The zero-order valence-electron chi connectivity index (χ0n) is 11.7. The largest absolute Gasteiger partial charge is 0.494 e. The zero-order valence-corrected chi connectivity index (χ0v) is 11.7. The van der Waals surface area contributed by atoms with Gasteiger partial charge in [-0.1, -0.05) is 0 Å². The molecule has 0 aliphatic heterocycles. The molecule has 2 aromatic rings. The number of benzene rings is 1. The van der Waals surface area contributed by atoms with E-state index in [1.54, 1.807) is 12.1 Å². The number of nitrogens with zero attached hydrogens (tertiary/aromatic N) is 2. The second-order valence-electron chi connectivity index (χ2n) is 4.45. The van der Waals surface area contributed by atoms with Crippen LogP contribution >= 0.6 is 0 Å². The van der Waals surface area contributed by atoms with Gasteiger partial charge >= 0.3 is 6.18 Å². The number of hydrogen-bond acceptors (Lipinski definition) is 3. The second-order valence-corrected chi connectivity index (χ2v) is 4.45. The molecule has 114 valence electrons. The lowest BCUT2D eigenvalue weighted by atomic mass is 10.3. The van der Waals surface area contributed by atoms with Gasteiger partial charge in [0.05, 0.1) is 18.8 Å². The van der Waals surface area contributed by atoms with Crippen LogP contribution in [0.15, 0.2) is 30.3 Å². The Labute approximate surface area is 120 Å². The smallest absolute Gasteiger partial charge is 0.435 e. The molecule has 0 saturated carbocycles. The van der Waals surface area contributed by atoms with Crippen LogP contribution in [0.25, 0.3) is 0 Å². The van der Waals surface area contributed by atoms with E-state index in [2.05, 4.69) is 10.4 Å². The molecule has 0 spiro atoms. The minimum absolute atomic E-state index is 0.258. The van der Waals surface area contributed by atoms with Gasteiger partial charge in [-0.15, -0.1) is 0 Å². The van der Waals surface area contributed by atoms with Crippen molar-refractivity contribution in [1.82, 2.24) is 9.78 Å². The Morgan fingerprint density at radius 1 is 1.24 bits per heavy atom. The molecule has 1 aromatic heterocycles. The molecule has 0 aliphatic rings. The van der Waals surface area contributed by atoms with E-state index in [1.807, 2.05) is 19.1 Å². The summed E-state index contributed by atoms with van der Waals surface area (Å²) in [5.41, 5.74) is 0.373. The van der Waals surface area contributed by atoms with Crippen LogP contribution < -0.4 is 10.1 Å². The Morgan fingerprint density at radius 3 is 2.43 bits per heavy atom. The number of aryl methyl sites for hydroxylation is 1. The predicted octanol–water partition coefficient (Wildman–Crippen LogP) is 3.45. The fourth-order valence-corrected chi connectivity index (χ4v) is 1.84. The summed E-state index contributed by atoms with van der Waals surface area (Å²) in [4.78, 5) is 0. The van der Waals surface area contributed by atoms with E-state index in [9.17, 15) is 13.2 Å². The van der Waals surface area contributed by atoms with Gasteiger partial charge in [0.2, 0.25) is 0 Å². The number of ether oxygens (including phenoxy) is 1. The average molecular weight is 299 g/mol. The maximum atomic E-state index is 12.6. The number of aromatic nitrogens is 2. The Kier molecular flexibility index (Phi) is 4.40. The molecule has 7 heteroatoms. The van der Waals surface area contributed by atoms with Crippen LogP contribution in [0.1, 0.15) is 18.3 Å². The Hall–Kier alpha value is -2.18. The summed E-state index contributed by atoms with van der Waals surface area (Å²) in [7, 11) is 1.49. The number of halogens is 3. The Morgan fingerprint density at radius 2 is 1.90 bits per heavy atom. The summed E-state index contributed by atoms with van der Waals surface area (Å²) >= 11 is 0. The van der Waals surface area contributed by atoms with Crippen molar-refractivity contribution in [2.24, 2.45) is 7.05 Å². The average Bonchev–Trinajstić information content (AvgIpc) is 2.80. The van der Waals surface area contributed by atoms with Crippen molar-refractivity contribution in [2.45, 2.75) is 19.6 Å². The molecular weight excluding hydrogens is 283 g/mol. The van der Waals surface area contributed by atoms with E-state index in [0.29, 0.717) is 12.3 Å². The van der Waals surface area contributed by atoms with Crippen LogP contribution in [0.5, 0.6) is 5.75 Å². The summed E-state index contributed by atoms with van der Waals surface area (Å²) in [6.45, 7) is 2.74. The molecular formula is C14H16F3N3O. The lowest BCUT2D eigenvalue weighted by Gasteiger charge is -2.08. The van der Waals surface area contributed by atoms with E-state index in [1.165, 1.54) is 11.7 Å². The third-order valence-corrected chi connectivity index (χ3v) is 2.91. The van der Waals surface area contributed by atoms with Crippen molar-refractivity contribution in [3.8, 4) is 5.75 Å². The second kappa shape index (κ2) is 6.07. The van der Waals surface area contributed by atoms with Gasteiger partial charge in [0, 0.05) is 12.7 Å².